The van der Waals surface area contributed by atoms with Crippen LogP contribution in [0.1, 0.15) is 26.2 Å². The van der Waals surface area contributed by atoms with E-state index in [-0.39, 0.29) is 18.0 Å². The van der Waals surface area contributed by atoms with Crippen LogP contribution in [0.3, 0.4) is 0 Å². The fourth-order valence-corrected chi connectivity index (χ4v) is 2.53. The van der Waals surface area contributed by atoms with Gasteiger partial charge in [0, 0.05) is 6.04 Å². The van der Waals surface area contributed by atoms with Gasteiger partial charge >= 0.3 is 12.0 Å². The Labute approximate surface area is 123 Å². The maximum absolute atomic E-state index is 12.0. The van der Waals surface area contributed by atoms with Crippen molar-refractivity contribution >= 4 is 17.7 Å². The van der Waals surface area contributed by atoms with Gasteiger partial charge in [0.25, 0.3) is 0 Å². The first-order valence-corrected chi connectivity index (χ1v) is 7.12. The summed E-state index contributed by atoms with van der Waals surface area (Å²) in [4.78, 5) is 22.9. The van der Waals surface area contributed by atoms with Crippen molar-refractivity contribution in [1.29, 1.82) is 0 Å². The maximum Gasteiger partial charge on any atom is 0.319 e. The van der Waals surface area contributed by atoms with Crippen molar-refractivity contribution in [2.24, 2.45) is 5.92 Å². The Bertz CT molecular complexity index is 518. The van der Waals surface area contributed by atoms with E-state index in [1.165, 1.54) is 0 Å². The van der Waals surface area contributed by atoms with Crippen LogP contribution in [0.25, 0.3) is 0 Å². The van der Waals surface area contributed by atoms with Gasteiger partial charge in [-0.1, -0.05) is 12.1 Å². The molecule has 0 radical (unpaired) electrons. The van der Waals surface area contributed by atoms with Crippen molar-refractivity contribution in [3.05, 3.63) is 24.3 Å². The molecule has 1 aliphatic rings. The lowest BCUT2D eigenvalue weighted by Gasteiger charge is -2.15. The van der Waals surface area contributed by atoms with Gasteiger partial charge in [-0.3, -0.25) is 4.79 Å². The molecule has 2 amide bonds. The molecule has 1 saturated carbocycles. The second kappa shape index (κ2) is 6.97. The van der Waals surface area contributed by atoms with Gasteiger partial charge in [-0.25, -0.2) is 4.79 Å². The molecule has 21 heavy (non-hydrogen) atoms. The average molecular weight is 292 g/mol. The lowest BCUT2D eigenvalue weighted by molar-refractivity contribution is -0.141. The van der Waals surface area contributed by atoms with Crippen molar-refractivity contribution in [2.75, 3.05) is 11.9 Å². The molecule has 0 unspecified atom stereocenters. The molecule has 6 heteroatoms. The quantitative estimate of drug-likeness (QED) is 0.778. The number of carbonyl (C=O) groups excluding carboxylic acids is 1. The molecule has 1 aromatic rings. The largest absolute Gasteiger partial charge is 0.492 e. The van der Waals surface area contributed by atoms with E-state index in [0.717, 1.165) is 0 Å². The minimum Gasteiger partial charge on any atom is -0.492 e. The van der Waals surface area contributed by atoms with Crippen molar-refractivity contribution in [2.45, 2.75) is 32.2 Å². The van der Waals surface area contributed by atoms with Crippen LogP contribution < -0.4 is 15.4 Å². The van der Waals surface area contributed by atoms with Gasteiger partial charge in [0.05, 0.1) is 18.2 Å². The number of para-hydroxylation sites is 2. The highest BCUT2D eigenvalue weighted by Gasteiger charge is 2.30. The van der Waals surface area contributed by atoms with E-state index >= 15 is 0 Å². The van der Waals surface area contributed by atoms with E-state index in [9.17, 15) is 9.59 Å². The molecule has 0 heterocycles. The van der Waals surface area contributed by atoms with Gasteiger partial charge in [-0.05, 0) is 38.3 Å². The molecule has 0 spiro atoms. The van der Waals surface area contributed by atoms with Gasteiger partial charge in [-0.15, -0.1) is 0 Å². The van der Waals surface area contributed by atoms with E-state index in [0.29, 0.717) is 37.3 Å². The first-order valence-electron chi connectivity index (χ1n) is 7.12. The van der Waals surface area contributed by atoms with E-state index < -0.39 is 5.97 Å². The first kappa shape index (κ1) is 15.2. The Morgan fingerprint density at radius 1 is 1.33 bits per heavy atom. The molecule has 0 aromatic heterocycles. The molecule has 2 atom stereocenters. The van der Waals surface area contributed by atoms with E-state index in [1.54, 1.807) is 12.1 Å². The molecule has 0 aliphatic heterocycles. The number of urea groups is 1. The molecule has 1 fully saturated rings. The zero-order valence-corrected chi connectivity index (χ0v) is 12.0. The Morgan fingerprint density at radius 3 is 2.76 bits per heavy atom. The average Bonchev–Trinajstić information content (AvgIpc) is 2.90. The molecule has 1 aliphatic carbocycles. The summed E-state index contributed by atoms with van der Waals surface area (Å²) < 4.78 is 5.44. The van der Waals surface area contributed by atoms with E-state index in [2.05, 4.69) is 10.6 Å². The summed E-state index contributed by atoms with van der Waals surface area (Å²) in [5, 5.41) is 14.5. The number of ether oxygens (including phenoxy) is 1. The van der Waals surface area contributed by atoms with Crippen LogP contribution in [0.2, 0.25) is 0 Å². The van der Waals surface area contributed by atoms with Crippen LogP contribution in [0.15, 0.2) is 24.3 Å². The molecule has 114 valence electrons. The number of hydrogen-bond acceptors (Lipinski definition) is 3. The molecule has 6 nitrogen and oxygen atoms in total. The second-order valence-corrected chi connectivity index (χ2v) is 5.07. The predicted molar refractivity (Wildman–Crippen MR) is 78.5 cm³/mol. The Morgan fingerprint density at radius 2 is 2.10 bits per heavy atom. The number of hydrogen-bond donors (Lipinski definition) is 3. The van der Waals surface area contributed by atoms with Crippen LogP contribution >= 0.6 is 0 Å². The molecule has 2 rings (SSSR count). The molecular formula is C15H20N2O4. The summed E-state index contributed by atoms with van der Waals surface area (Å²) in [5.74, 6) is -0.530. The summed E-state index contributed by atoms with van der Waals surface area (Å²) in [6.07, 6.45) is 1.78. The third-order valence-electron chi connectivity index (χ3n) is 3.55. The first-order chi connectivity index (χ1) is 10.1. The fourth-order valence-electron chi connectivity index (χ4n) is 2.53. The number of benzene rings is 1. The van der Waals surface area contributed by atoms with Gasteiger partial charge in [0.2, 0.25) is 0 Å². The number of rotatable bonds is 5. The summed E-state index contributed by atoms with van der Waals surface area (Å²) in [5.41, 5.74) is 0.602. The van der Waals surface area contributed by atoms with E-state index in [4.69, 9.17) is 9.84 Å². The standard InChI is InChI=1S/C15H20N2O4/c1-2-21-13-6-4-3-5-12(13)17-15(20)16-11-8-7-10(9-11)14(18)19/h3-6,10-11H,2,7-9H2,1H3,(H,18,19)(H2,16,17,20)/t10-,11+/m1/s1. The van der Waals surface area contributed by atoms with Gasteiger partial charge in [0.1, 0.15) is 5.75 Å². The highest BCUT2D eigenvalue weighted by molar-refractivity contribution is 5.91. The number of carboxylic acid groups (broad SMARTS) is 1. The number of amides is 2. The lowest BCUT2D eigenvalue weighted by atomic mass is 10.1. The summed E-state index contributed by atoms with van der Waals surface area (Å²) in [7, 11) is 0. The number of carbonyl (C=O) groups is 2. The molecule has 1 aromatic carbocycles. The fraction of sp³-hybridized carbons (Fsp3) is 0.467. The molecule has 0 saturated heterocycles. The third-order valence-corrected chi connectivity index (χ3v) is 3.55. The van der Waals surface area contributed by atoms with Crippen LogP contribution in [0, 0.1) is 5.92 Å². The van der Waals surface area contributed by atoms with Crippen LogP contribution in [0.4, 0.5) is 10.5 Å². The smallest absolute Gasteiger partial charge is 0.319 e. The Kier molecular flexibility index (Phi) is 5.03. The third kappa shape index (κ3) is 4.11. The lowest BCUT2D eigenvalue weighted by Crippen LogP contribution is -2.36. The zero-order chi connectivity index (χ0) is 15.2. The number of aliphatic carboxylic acids is 1. The summed E-state index contributed by atoms with van der Waals surface area (Å²) >= 11 is 0. The van der Waals surface area contributed by atoms with Crippen LogP contribution in [-0.4, -0.2) is 29.8 Å². The van der Waals surface area contributed by atoms with Crippen molar-refractivity contribution in [1.82, 2.24) is 5.32 Å². The Balaban J connectivity index is 1.89. The normalized spacial score (nSPS) is 20.8. The predicted octanol–water partition coefficient (Wildman–Crippen LogP) is 2.46. The topological polar surface area (TPSA) is 87.7 Å². The van der Waals surface area contributed by atoms with Crippen molar-refractivity contribution in [3.63, 3.8) is 0 Å². The van der Waals surface area contributed by atoms with Crippen LogP contribution in [-0.2, 0) is 4.79 Å². The molecule has 3 N–H and O–H groups in total. The number of anilines is 1. The van der Waals surface area contributed by atoms with Gasteiger partial charge in [-0.2, -0.15) is 0 Å². The molecule has 0 bridgehead atoms. The number of nitrogens with one attached hydrogen (secondary N) is 2. The summed E-state index contributed by atoms with van der Waals surface area (Å²) in [6.45, 7) is 2.39. The minimum absolute atomic E-state index is 0.0923. The molecular weight excluding hydrogens is 272 g/mol. The minimum atomic E-state index is -0.790. The second-order valence-electron chi connectivity index (χ2n) is 5.07. The van der Waals surface area contributed by atoms with Gasteiger partial charge in [0.15, 0.2) is 0 Å². The number of carboxylic acids is 1. The van der Waals surface area contributed by atoms with Gasteiger partial charge < -0.3 is 20.5 Å². The summed E-state index contributed by atoms with van der Waals surface area (Å²) in [6, 6.07) is 6.77. The highest BCUT2D eigenvalue weighted by Crippen LogP contribution is 2.26. The SMILES string of the molecule is CCOc1ccccc1NC(=O)N[C@H]1CC[C@@H](C(=O)O)C1. The van der Waals surface area contributed by atoms with Crippen LogP contribution in [0.5, 0.6) is 5.75 Å². The zero-order valence-electron chi connectivity index (χ0n) is 12.0. The monoisotopic (exact) mass is 292 g/mol. The highest BCUT2D eigenvalue weighted by atomic mass is 16.5. The Hall–Kier alpha value is -2.24. The van der Waals surface area contributed by atoms with E-state index in [1.807, 2.05) is 19.1 Å². The van der Waals surface area contributed by atoms with Crippen molar-refractivity contribution in [3.8, 4) is 5.75 Å². The van der Waals surface area contributed by atoms with Crippen molar-refractivity contribution < 1.29 is 19.4 Å². The maximum atomic E-state index is 12.0.